The Labute approximate surface area is 179 Å². The lowest BCUT2D eigenvalue weighted by molar-refractivity contribution is 0.122. The molecule has 158 valence electrons. The number of ether oxygens (including phenoxy) is 1. The van der Waals surface area contributed by atoms with Crippen molar-refractivity contribution in [2.75, 3.05) is 36.5 Å². The molecule has 0 spiro atoms. The lowest BCUT2D eigenvalue weighted by Crippen LogP contribution is -2.36. The van der Waals surface area contributed by atoms with E-state index < -0.39 is 0 Å². The molecule has 4 heterocycles. The standard InChI is InChI=1S/C22H27N5O2S/c1-2-27-21(28)20-19(25-22(27)24-16-5-3-4-6-16)17(14-30-20)15-7-8-18(23-13-15)26-9-11-29-12-10-26/h7-8,13-14,16H,2-6,9-12H2,1H3,(H,24,25). The highest BCUT2D eigenvalue weighted by molar-refractivity contribution is 7.17. The topological polar surface area (TPSA) is 72.3 Å². The zero-order chi connectivity index (χ0) is 20.5. The van der Waals surface area contributed by atoms with E-state index in [2.05, 4.69) is 27.3 Å². The molecule has 30 heavy (non-hydrogen) atoms. The normalized spacial score (nSPS) is 17.7. The van der Waals surface area contributed by atoms with E-state index in [0.29, 0.717) is 23.2 Å². The number of rotatable bonds is 5. The first-order valence-corrected chi connectivity index (χ1v) is 11.7. The van der Waals surface area contributed by atoms with Gasteiger partial charge in [0.05, 0.1) is 18.7 Å². The van der Waals surface area contributed by atoms with Crippen LogP contribution in [0.25, 0.3) is 21.3 Å². The van der Waals surface area contributed by atoms with Gasteiger partial charge in [0.2, 0.25) is 5.95 Å². The van der Waals surface area contributed by atoms with Gasteiger partial charge < -0.3 is 15.0 Å². The number of fused-ring (bicyclic) bond motifs is 1. The molecule has 5 rings (SSSR count). The fourth-order valence-corrected chi connectivity index (χ4v) is 5.35. The number of pyridine rings is 1. The summed E-state index contributed by atoms with van der Waals surface area (Å²) in [6, 6.07) is 4.54. The van der Waals surface area contributed by atoms with Gasteiger partial charge in [-0.25, -0.2) is 9.97 Å². The second-order valence-electron chi connectivity index (χ2n) is 7.94. The van der Waals surface area contributed by atoms with E-state index in [1.165, 1.54) is 24.2 Å². The minimum Gasteiger partial charge on any atom is -0.378 e. The Morgan fingerprint density at radius 3 is 2.73 bits per heavy atom. The van der Waals surface area contributed by atoms with E-state index in [4.69, 9.17) is 9.72 Å². The van der Waals surface area contributed by atoms with Crippen molar-refractivity contribution in [3.05, 3.63) is 34.1 Å². The number of anilines is 2. The molecule has 2 fully saturated rings. The van der Waals surface area contributed by atoms with Crippen LogP contribution in [0.5, 0.6) is 0 Å². The van der Waals surface area contributed by atoms with Crippen LogP contribution in [0.2, 0.25) is 0 Å². The minimum atomic E-state index is 0.0390. The molecular weight excluding hydrogens is 398 g/mol. The van der Waals surface area contributed by atoms with Crippen molar-refractivity contribution in [1.82, 2.24) is 14.5 Å². The van der Waals surface area contributed by atoms with E-state index in [-0.39, 0.29) is 5.56 Å². The lowest BCUT2D eigenvalue weighted by atomic mass is 10.1. The maximum absolute atomic E-state index is 13.1. The van der Waals surface area contributed by atoms with E-state index in [9.17, 15) is 4.79 Å². The number of hydrogen-bond donors (Lipinski definition) is 1. The first kappa shape index (κ1) is 19.5. The van der Waals surface area contributed by atoms with E-state index in [0.717, 1.165) is 61.6 Å². The van der Waals surface area contributed by atoms with Crippen LogP contribution in [0.1, 0.15) is 32.6 Å². The molecule has 2 aliphatic rings. The summed E-state index contributed by atoms with van der Waals surface area (Å²) in [5.74, 6) is 1.66. The van der Waals surface area contributed by atoms with Crippen LogP contribution in [-0.4, -0.2) is 46.9 Å². The van der Waals surface area contributed by atoms with Gasteiger partial charge in [-0.05, 0) is 31.9 Å². The molecule has 0 bridgehead atoms. The molecular formula is C22H27N5O2S. The highest BCUT2D eigenvalue weighted by Gasteiger charge is 2.21. The Kier molecular flexibility index (Phi) is 5.43. The van der Waals surface area contributed by atoms with Gasteiger partial charge >= 0.3 is 0 Å². The quantitative estimate of drug-likeness (QED) is 0.672. The summed E-state index contributed by atoms with van der Waals surface area (Å²) in [5.41, 5.74) is 2.78. The summed E-state index contributed by atoms with van der Waals surface area (Å²) in [5, 5.41) is 5.57. The Morgan fingerprint density at radius 1 is 1.23 bits per heavy atom. The Hall–Kier alpha value is -2.45. The highest BCUT2D eigenvalue weighted by atomic mass is 32.1. The zero-order valence-electron chi connectivity index (χ0n) is 17.3. The maximum atomic E-state index is 13.1. The van der Waals surface area contributed by atoms with Gasteiger partial charge in [-0.1, -0.05) is 12.8 Å². The molecule has 0 atom stereocenters. The molecule has 0 radical (unpaired) electrons. The molecule has 0 aromatic carbocycles. The average Bonchev–Trinajstić information content (AvgIpc) is 3.45. The Balaban J connectivity index is 1.51. The van der Waals surface area contributed by atoms with Crippen LogP contribution < -0.4 is 15.8 Å². The van der Waals surface area contributed by atoms with Crippen LogP contribution >= 0.6 is 11.3 Å². The van der Waals surface area contributed by atoms with Gasteiger partial charge in [0, 0.05) is 48.4 Å². The molecule has 3 aromatic rings. The zero-order valence-corrected chi connectivity index (χ0v) is 18.1. The molecule has 1 N–H and O–H groups in total. The van der Waals surface area contributed by atoms with Crippen molar-refractivity contribution in [2.45, 2.75) is 45.2 Å². The summed E-state index contributed by atoms with van der Waals surface area (Å²) >= 11 is 1.47. The van der Waals surface area contributed by atoms with Crippen molar-refractivity contribution < 1.29 is 4.74 Å². The molecule has 0 unspecified atom stereocenters. The molecule has 8 heteroatoms. The van der Waals surface area contributed by atoms with Crippen LogP contribution in [0, 0.1) is 0 Å². The van der Waals surface area contributed by atoms with Crippen molar-refractivity contribution >= 4 is 33.3 Å². The van der Waals surface area contributed by atoms with Crippen molar-refractivity contribution in [3.8, 4) is 11.1 Å². The molecule has 1 aliphatic carbocycles. The summed E-state index contributed by atoms with van der Waals surface area (Å²) < 4.78 is 7.90. The third-order valence-corrected chi connectivity index (χ3v) is 7.03. The maximum Gasteiger partial charge on any atom is 0.272 e. The van der Waals surface area contributed by atoms with Crippen LogP contribution in [0.15, 0.2) is 28.5 Å². The molecule has 3 aromatic heterocycles. The predicted molar refractivity (Wildman–Crippen MR) is 122 cm³/mol. The summed E-state index contributed by atoms with van der Waals surface area (Å²) in [6.07, 6.45) is 6.65. The molecule has 1 saturated carbocycles. The Morgan fingerprint density at radius 2 is 2.03 bits per heavy atom. The third-order valence-electron chi connectivity index (χ3n) is 6.08. The average molecular weight is 426 g/mol. The monoisotopic (exact) mass is 425 g/mol. The van der Waals surface area contributed by atoms with Gasteiger partial charge in [0.25, 0.3) is 5.56 Å². The number of aromatic nitrogens is 3. The number of thiophene rings is 1. The predicted octanol–water partition coefficient (Wildman–Crippen LogP) is 3.73. The fraction of sp³-hybridized carbons (Fsp3) is 0.500. The third kappa shape index (κ3) is 3.58. The van der Waals surface area contributed by atoms with E-state index in [1.807, 2.05) is 18.5 Å². The number of nitrogens with one attached hydrogen (secondary N) is 1. The number of nitrogens with zero attached hydrogens (tertiary/aromatic N) is 4. The Bertz CT molecular complexity index is 1080. The summed E-state index contributed by atoms with van der Waals surface area (Å²) in [4.78, 5) is 25.0. The second kappa shape index (κ2) is 8.35. The van der Waals surface area contributed by atoms with Crippen LogP contribution in [0.3, 0.4) is 0 Å². The molecule has 1 aliphatic heterocycles. The number of morpholine rings is 1. The van der Waals surface area contributed by atoms with Gasteiger partial charge in [-0.2, -0.15) is 0 Å². The van der Waals surface area contributed by atoms with E-state index in [1.54, 1.807) is 4.57 Å². The molecule has 1 saturated heterocycles. The van der Waals surface area contributed by atoms with Gasteiger partial charge in [0.1, 0.15) is 10.5 Å². The van der Waals surface area contributed by atoms with E-state index >= 15 is 0 Å². The summed E-state index contributed by atoms with van der Waals surface area (Å²) in [6.45, 7) is 5.81. The van der Waals surface area contributed by atoms with Gasteiger partial charge in [0.15, 0.2) is 0 Å². The largest absolute Gasteiger partial charge is 0.378 e. The first-order chi connectivity index (χ1) is 14.7. The van der Waals surface area contributed by atoms with Crippen LogP contribution in [-0.2, 0) is 11.3 Å². The molecule has 7 nitrogen and oxygen atoms in total. The highest BCUT2D eigenvalue weighted by Crippen LogP contribution is 2.32. The van der Waals surface area contributed by atoms with Crippen molar-refractivity contribution in [3.63, 3.8) is 0 Å². The minimum absolute atomic E-state index is 0.0390. The van der Waals surface area contributed by atoms with Crippen LogP contribution in [0.4, 0.5) is 11.8 Å². The molecule has 0 amide bonds. The van der Waals surface area contributed by atoms with Gasteiger partial charge in [-0.15, -0.1) is 11.3 Å². The van der Waals surface area contributed by atoms with Crippen molar-refractivity contribution in [2.24, 2.45) is 0 Å². The summed E-state index contributed by atoms with van der Waals surface area (Å²) in [7, 11) is 0. The van der Waals surface area contributed by atoms with Gasteiger partial charge in [-0.3, -0.25) is 9.36 Å². The van der Waals surface area contributed by atoms with Crippen molar-refractivity contribution in [1.29, 1.82) is 0 Å². The number of hydrogen-bond acceptors (Lipinski definition) is 7. The first-order valence-electron chi connectivity index (χ1n) is 10.8. The fourth-order valence-electron chi connectivity index (χ4n) is 4.39. The lowest BCUT2D eigenvalue weighted by Gasteiger charge is -2.27. The SMILES string of the molecule is CCn1c(NC2CCCC2)nc2c(-c3ccc(N4CCOCC4)nc3)csc2c1=O. The second-order valence-corrected chi connectivity index (χ2v) is 8.82. The smallest absolute Gasteiger partial charge is 0.272 e.